The topological polar surface area (TPSA) is 72.2 Å². The van der Waals surface area contributed by atoms with Crippen LogP contribution < -0.4 is 4.72 Å². The molecule has 3 rings (SSSR count). The number of sulfonamides is 1. The maximum atomic E-state index is 13.3. The fourth-order valence-corrected chi connectivity index (χ4v) is 4.31. The molecule has 3 aromatic rings. The second-order valence-corrected chi connectivity index (χ2v) is 8.32. The fourth-order valence-electron chi connectivity index (χ4n) is 2.23. The van der Waals surface area contributed by atoms with Crippen molar-refractivity contribution in [1.82, 2.24) is 9.71 Å². The number of nitrogens with zero attached hydrogens (tertiary/aromatic N) is 1. The highest BCUT2D eigenvalue weighted by molar-refractivity contribution is 7.89. The molecule has 0 spiro atoms. The number of benzene rings is 1. The first-order valence-corrected chi connectivity index (χ1v) is 9.74. The molecule has 0 atom stereocenters. The Kier molecular flexibility index (Phi) is 5.10. The second kappa shape index (κ2) is 7.06. The third-order valence-electron chi connectivity index (χ3n) is 3.60. The van der Waals surface area contributed by atoms with Gasteiger partial charge in [-0.2, -0.15) is 13.2 Å². The lowest BCUT2D eigenvalue weighted by Crippen LogP contribution is -2.24. The van der Waals surface area contributed by atoms with Gasteiger partial charge in [0.25, 0.3) is 0 Å². The molecule has 1 N–H and O–H groups in total. The molecule has 0 saturated carbocycles. The summed E-state index contributed by atoms with van der Waals surface area (Å²) in [5.74, 6) is -1.02. The van der Waals surface area contributed by atoms with E-state index >= 15 is 0 Å². The number of halogens is 4. The van der Waals surface area contributed by atoms with E-state index in [0.717, 1.165) is 6.07 Å². The molecule has 0 fully saturated rings. The number of aromatic nitrogens is 1. The summed E-state index contributed by atoms with van der Waals surface area (Å²) in [4.78, 5) is 4.17. The fraction of sp³-hybridized carbons (Fsp3) is 0.188. The molecule has 0 radical (unpaired) electrons. The van der Waals surface area contributed by atoms with Crippen molar-refractivity contribution >= 4 is 21.4 Å². The number of alkyl halides is 3. The first-order valence-electron chi connectivity index (χ1n) is 7.44. The van der Waals surface area contributed by atoms with Crippen molar-refractivity contribution in [2.24, 2.45) is 0 Å². The van der Waals surface area contributed by atoms with Crippen LogP contribution in [0.3, 0.4) is 0 Å². The summed E-state index contributed by atoms with van der Waals surface area (Å²) in [6.07, 6.45) is -3.52. The number of aryl methyl sites for hydroxylation is 1. The minimum atomic E-state index is -5.00. The molecule has 27 heavy (non-hydrogen) atoms. The molecular formula is C16H12F4N2O3S2. The van der Waals surface area contributed by atoms with Gasteiger partial charge in [0.2, 0.25) is 10.0 Å². The molecule has 5 nitrogen and oxygen atoms in total. The molecule has 0 saturated heterocycles. The van der Waals surface area contributed by atoms with Gasteiger partial charge < -0.3 is 4.42 Å². The summed E-state index contributed by atoms with van der Waals surface area (Å²) >= 11 is 1.19. The number of thiazole rings is 1. The lowest BCUT2D eigenvalue weighted by molar-refractivity contribution is -0.140. The van der Waals surface area contributed by atoms with Crippen LogP contribution in [-0.2, 0) is 22.7 Å². The average molecular weight is 420 g/mol. The number of rotatable bonds is 5. The van der Waals surface area contributed by atoms with E-state index < -0.39 is 32.5 Å². The smallest absolute Gasteiger partial charge is 0.419 e. The molecule has 0 amide bonds. The first-order chi connectivity index (χ1) is 12.6. The molecule has 0 bridgehead atoms. The van der Waals surface area contributed by atoms with Gasteiger partial charge in [-0.05, 0) is 37.3 Å². The van der Waals surface area contributed by atoms with Gasteiger partial charge in [0.15, 0.2) is 10.8 Å². The van der Waals surface area contributed by atoms with Gasteiger partial charge in [-0.15, -0.1) is 11.3 Å². The highest BCUT2D eigenvalue weighted by Gasteiger charge is 2.35. The van der Waals surface area contributed by atoms with Gasteiger partial charge >= 0.3 is 6.18 Å². The van der Waals surface area contributed by atoms with Crippen LogP contribution in [0.2, 0.25) is 0 Å². The van der Waals surface area contributed by atoms with Crippen LogP contribution in [0, 0.1) is 12.7 Å². The van der Waals surface area contributed by atoms with E-state index in [1.54, 1.807) is 19.1 Å². The largest absolute Gasteiger partial charge is 0.462 e. The molecule has 144 valence electrons. The van der Waals surface area contributed by atoms with Crippen molar-refractivity contribution in [2.75, 3.05) is 0 Å². The summed E-state index contributed by atoms with van der Waals surface area (Å²) < 4.78 is 83.8. The summed E-state index contributed by atoms with van der Waals surface area (Å²) in [6.45, 7) is 1.50. The molecule has 0 aliphatic rings. The normalized spacial score (nSPS) is 12.5. The van der Waals surface area contributed by atoms with Gasteiger partial charge in [-0.25, -0.2) is 22.5 Å². The summed E-state index contributed by atoms with van der Waals surface area (Å²) in [6, 6.07) is 4.90. The van der Waals surface area contributed by atoms with Gasteiger partial charge in [0, 0.05) is 11.4 Å². The van der Waals surface area contributed by atoms with Crippen LogP contribution in [0.1, 0.15) is 16.1 Å². The van der Waals surface area contributed by atoms with Crippen molar-refractivity contribution < 1.29 is 30.4 Å². The van der Waals surface area contributed by atoms with E-state index in [0.29, 0.717) is 27.4 Å². The first kappa shape index (κ1) is 19.5. The van der Waals surface area contributed by atoms with Crippen molar-refractivity contribution in [3.8, 4) is 10.8 Å². The van der Waals surface area contributed by atoms with Gasteiger partial charge in [0.05, 0.1) is 22.4 Å². The second-order valence-electron chi connectivity index (χ2n) is 5.47. The standard InChI is InChI=1S/C16H12F4N2O3S2/c1-9-14(26-15(22-9)13-3-2-6-25-13)8-21-27(23,24)10-4-5-12(17)11(7-10)16(18,19)20/h2-7,21H,8H2,1H3. The van der Waals surface area contributed by atoms with Crippen molar-refractivity contribution in [3.05, 3.63) is 58.5 Å². The molecule has 2 heterocycles. The lowest BCUT2D eigenvalue weighted by Gasteiger charge is -2.11. The minimum absolute atomic E-state index is 0.175. The zero-order valence-electron chi connectivity index (χ0n) is 13.7. The molecule has 0 aliphatic heterocycles. The van der Waals surface area contributed by atoms with Crippen LogP contribution in [-0.4, -0.2) is 13.4 Å². The number of furan rings is 1. The quantitative estimate of drug-likeness (QED) is 0.623. The molecule has 0 unspecified atom stereocenters. The van der Waals surface area contributed by atoms with Crippen molar-refractivity contribution in [3.63, 3.8) is 0 Å². The van der Waals surface area contributed by atoms with Crippen molar-refractivity contribution in [2.45, 2.75) is 24.5 Å². The van der Waals surface area contributed by atoms with E-state index in [1.165, 1.54) is 17.6 Å². The molecule has 1 aromatic carbocycles. The Morgan fingerprint density at radius 2 is 2.00 bits per heavy atom. The van der Waals surface area contributed by atoms with E-state index in [-0.39, 0.29) is 12.6 Å². The number of hydrogen-bond acceptors (Lipinski definition) is 5. The molecule has 11 heteroatoms. The Hall–Kier alpha value is -2.24. The number of hydrogen-bond donors (Lipinski definition) is 1. The third kappa shape index (κ3) is 4.20. The maximum Gasteiger partial charge on any atom is 0.419 e. The Morgan fingerprint density at radius 1 is 1.26 bits per heavy atom. The van der Waals surface area contributed by atoms with Crippen LogP contribution in [0.4, 0.5) is 17.6 Å². The predicted octanol–water partition coefficient (Wildman–Crippen LogP) is 4.35. The molecular weight excluding hydrogens is 408 g/mol. The SMILES string of the molecule is Cc1nc(-c2ccco2)sc1CNS(=O)(=O)c1ccc(F)c(C(F)(F)F)c1. The number of nitrogens with one attached hydrogen (secondary N) is 1. The lowest BCUT2D eigenvalue weighted by atomic mass is 10.2. The van der Waals surface area contributed by atoms with Crippen LogP contribution in [0.25, 0.3) is 10.8 Å². The van der Waals surface area contributed by atoms with Crippen LogP contribution >= 0.6 is 11.3 Å². The van der Waals surface area contributed by atoms with Crippen LogP contribution in [0.5, 0.6) is 0 Å². The third-order valence-corrected chi connectivity index (χ3v) is 6.17. The Labute approximate surface area is 155 Å². The van der Waals surface area contributed by atoms with Gasteiger partial charge in [0.1, 0.15) is 5.82 Å². The Morgan fingerprint density at radius 3 is 2.63 bits per heavy atom. The summed E-state index contributed by atoms with van der Waals surface area (Å²) in [5, 5.41) is 0.549. The monoisotopic (exact) mass is 420 g/mol. The van der Waals surface area contributed by atoms with Gasteiger partial charge in [-0.1, -0.05) is 0 Å². The highest BCUT2D eigenvalue weighted by atomic mass is 32.2. The van der Waals surface area contributed by atoms with E-state index in [4.69, 9.17) is 4.42 Å². The van der Waals surface area contributed by atoms with Gasteiger partial charge in [-0.3, -0.25) is 0 Å². The van der Waals surface area contributed by atoms with E-state index in [2.05, 4.69) is 9.71 Å². The molecule has 0 aliphatic carbocycles. The summed E-state index contributed by atoms with van der Waals surface area (Å²) in [5.41, 5.74) is -1.08. The Balaban J connectivity index is 1.82. The average Bonchev–Trinajstić information content (AvgIpc) is 3.21. The minimum Gasteiger partial charge on any atom is -0.462 e. The Bertz CT molecular complexity index is 1060. The zero-order chi connectivity index (χ0) is 19.8. The predicted molar refractivity (Wildman–Crippen MR) is 90.0 cm³/mol. The highest BCUT2D eigenvalue weighted by Crippen LogP contribution is 2.33. The molecule has 2 aromatic heterocycles. The van der Waals surface area contributed by atoms with Crippen LogP contribution in [0.15, 0.2) is 45.9 Å². The van der Waals surface area contributed by atoms with E-state index in [9.17, 15) is 26.0 Å². The van der Waals surface area contributed by atoms with Crippen molar-refractivity contribution in [1.29, 1.82) is 0 Å². The van der Waals surface area contributed by atoms with E-state index in [1.807, 2.05) is 0 Å². The summed E-state index contributed by atoms with van der Waals surface area (Å²) in [7, 11) is -4.28. The zero-order valence-corrected chi connectivity index (χ0v) is 15.3. The maximum absolute atomic E-state index is 13.3.